The van der Waals surface area contributed by atoms with E-state index in [2.05, 4.69) is 17.4 Å². The zero-order valence-corrected chi connectivity index (χ0v) is 10.9. The third-order valence-electron chi connectivity index (χ3n) is 3.28. The van der Waals surface area contributed by atoms with E-state index in [0.717, 1.165) is 34.9 Å². The Labute approximate surface area is 112 Å². The number of rotatable bonds is 2. The Bertz CT molecular complexity index is 578. The van der Waals surface area contributed by atoms with Crippen molar-refractivity contribution in [3.05, 3.63) is 47.0 Å². The van der Waals surface area contributed by atoms with Crippen LogP contribution in [0, 0.1) is 0 Å². The van der Waals surface area contributed by atoms with Crippen LogP contribution < -0.4 is 10.1 Å². The lowest BCUT2D eigenvalue weighted by atomic mass is 10.0. The van der Waals surface area contributed by atoms with Crippen molar-refractivity contribution in [2.75, 3.05) is 19.0 Å². The lowest BCUT2D eigenvalue weighted by Crippen LogP contribution is -1.93. The van der Waals surface area contributed by atoms with Crippen LogP contribution in [0.5, 0.6) is 5.75 Å². The SMILES string of the molecule is COc1ccc(-c2cc(Cl)cc3c2NCC3)cc1. The molecular formula is C15H14ClNO. The van der Waals surface area contributed by atoms with Gasteiger partial charge in [0.1, 0.15) is 5.75 Å². The highest BCUT2D eigenvalue weighted by Crippen LogP contribution is 2.37. The van der Waals surface area contributed by atoms with Gasteiger partial charge in [0.15, 0.2) is 0 Å². The molecule has 1 N–H and O–H groups in total. The topological polar surface area (TPSA) is 21.3 Å². The molecule has 18 heavy (non-hydrogen) atoms. The zero-order valence-electron chi connectivity index (χ0n) is 10.2. The quantitative estimate of drug-likeness (QED) is 0.881. The van der Waals surface area contributed by atoms with Gasteiger partial charge in [0.25, 0.3) is 0 Å². The highest BCUT2D eigenvalue weighted by Gasteiger charge is 2.16. The molecule has 92 valence electrons. The molecule has 2 aromatic rings. The average molecular weight is 260 g/mol. The molecule has 0 amide bonds. The van der Waals surface area contributed by atoms with Gasteiger partial charge in [-0.25, -0.2) is 0 Å². The molecule has 2 nitrogen and oxygen atoms in total. The third-order valence-corrected chi connectivity index (χ3v) is 3.50. The maximum Gasteiger partial charge on any atom is 0.118 e. The largest absolute Gasteiger partial charge is 0.497 e. The van der Waals surface area contributed by atoms with Crippen molar-refractivity contribution in [1.82, 2.24) is 0 Å². The Morgan fingerprint density at radius 1 is 1.17 bits per heavy atom. The molecule has 0 bridgehead atoms. The molecule has 1 aliphatic rings. The number of ether oxygens (including phenoxy) is 1. The number of fused-ring (bicyclic) bond motifs is 1. The first kappa shape index (κ1) is 11.4. The van der Waals surface area contributed by atoms with Gasteiger partial charge in [-0.2, -0.15) is 0 Å². The van der Waals surface area contributed by atoms with Crippen molar-refractivity contribution in [2.45, 2.75) is 6.42 Å². The summed E-state index contributed by atoms with van der Waals surface area (Å²) >= 11 is 6.18. The van der Waals surface area contributed by atoms with Gasteiger partial charge < -0.3 is 10.1 Å². The summed E-state index contributed by atoms with van der Waals surface area (Å²) in [6.07, 6.45) is 1.04. The number of hydrogen-bond acceptors (Lipinski definition) is 2. The maximum absolute atomic E-state index is 6.18. The third kappa shape index (κ3) is 1.93. The van der Waals surface area contributed by atoms with Crippen LogP contribution in [0.15, 0.2) is 36.4 Å². The smallest absolute Gasteiger partial charge is 0.118 e. The number of hydrogen-bond donors (Lipinski definition) is 1. The highest BCUT2D eigenvalue weighted by molar-refractivity contribution is 6.31. The molecule has 3 rings (SSSR count). The van der Waals surface area contributed by atoms with Gasteiger partial charge in [-0.1, -0.05) is 23.7 Å². The number of benzene rings is 2. The van der Waals surface area contributed by atoms with Gasteiger partial charge in [-0.05, 0) is 41.8 Å². The van der Waals surface area contributed by atoms with E-state index >= 15 is 0 Å². The molecule has 0 fully saturated rings. The summed E-state index contributed by atoms with van der Waals surface area (Å²) in [7, 11) is 1.67. The fourth-order valence-corrected chi connectivity index (χ4v) is 2.63. The normalized spacial score (nSPS) is 13.0. The fourth-order valence-electron chi connectivity index (χ4n) is 2.39. The van der Waals surface area contributed by atoms with Gasteiger partial charge in [0, 0.05) is 22.8 Å². The summed E-state index contributed by atoms with van der Waals surface area (Å²) in [5, 5.41) is 4.23. The van der Waals surface area contributed by atoms with Crippen LogP contribution in [-0.2, 0) is 6.42 Å². The lowest BCUT2D eigenvalue weighted by molar-refractivity contribution is 0.415. The van der Waals surface area contributed by atoms with Crippen molar-refractivity contribution in [1.29, 1.82) is 0 Å². The van der Waals surface area contributed by atoms with Gasteiger partial charge in [-0.15, -0.1) is 0 Å². The van der Waals surface area contributed by atoms with E-state index in [-0.39, 0.29) is 0 Å². The first-order chi connectivity index (χ1) is 8.78. The monoisotopic (exact) mass is 259 g/mol. The summed E-state index contributed by atoms with van der Waals surface area (Å²) in [5.74, 6) is 0.866. The van der Waals surface area contributed by atoms with Crippen molar-refractivity contribution >= 4 is 17.3 Å². The Hall–Kier alpha value is -1.67. The minimum absolute atomic E-state index is 0.795. The molecule has 0 unspecified atom stereocenters. The van der Waals surface area contributed by atoms with E-state index in [0.29, 0.717) is 0 Å². The molecule has 0 aliphatic carbocycles. The fraction of sp³-hybridized carbons (Fsp3) is 0.200. The second-order valence-electron chi connectivity index (χ2n) is 4.39. The minimum atomic E-state index is 0.795. The van der Waals surface area contributed by atoms with Crippen LogP contribution in [0.4, 0.5) is 5.69 Å². The molecule has 0 aromatic heterocycles. The summed E-state index contributed by atoms with van der Waals surface area (Å²) in [6.45, 7) is 0.985. The molecule has 1 heterocycles. The van der Waals surface area contributed by atoms with Crippen LogP contribution in [0.1, 0.15) is 5.56 Å². The second kappa shape index (κ2) is 4.54. The van der Waals surface area contributed by atoms with Crippen molar-refractivity contribution in [2.24, 2.45) is 0 Å². The highest BCUT2D eigenvalue weighted by atomic mass is 35.5. The lowest BCUT2D eigenvalue weighted by Gasteiger charge is -2.10. The minimum Gasteiger partial charge on any atom is -0.497 e. The molecule has 0 radical (unpaired) electrons. The van der Waals surface area contributed by atoms with E-state index in [1.807, 2.05) is 24.3 Å². The predicted octanol–water partition coefficient (Wildman–Crippen LogP) is 3.98. The van der Waals surface area contributed by atoms with Crippen LogP contribution in [0.25, 0.3) is 11.1 Å². The standard InChI is InChI=1S/C15H14ClNO/c1-18-13-4-2-10(3-5-13)14-9-12(16)8-11-6-7-17-15(11)14/h2-5,8-9,17H,6-7H2,1H3. The van der Waals surface area contributed by atoms with Crippen LogP contribution in [-0.4, -0.2) is 13.7 Å². The molecule has 1 aliphatic heterocycles. The Morgan fingerprint density at radius 2 is 1.94 bits per heavy atom. The van der Waals surface area contributed by atoms with Crippen LogP contribution in [0.2, 0.25) is 5.02 Å². The number of anilines is 1. The molecule has 0 spiro atoms. The average Bonchev–Trinajstić information content (AvgIpc) is 2.86. The van der Waals surface area contributed by atoms with Crippen molar-refractivity contribution in [3.8, 4) is 16.9 Å². The molecule has 0 atom stereocenters. The Balaban J connectivity index is 2.10. The van der Waals surface area contributed by atoms with Crippen molar-refractivity contribution < 1.29 is 4.74 Å². The van der Waals surface area contributed by atoms with E-state index in [1.165, 1.54) is 11.3 Å². The summed E-state index contributed by atoms with van der Waals surface area (Å²) in [6, 6.07) is 12.1. The maximum atomic E-state index is 6.18. The molecular weight excluding hydrogens is 246 g/mol. The summed E-state index contributed by atoms with van der Waals surface area (Å²) in [5.41, 5.74) is 4.83. The predicted molar refractivity (Wildman–Crippen MR) is 75.6 cm³/mol. The zero-order chi connectivity index (χ0) is 12.5. The number of halogens is 1. The van der Waals surface area contributed by atoms with Gasteiger partial charge in [0.2, 0.25) is 0 Å². The first-order valence-corrected chi connectivity index (χ1v) is 6.36. The van der Waals surface area contributed by atoms with Gasteiger partial charge in [-0.3, -0.25) is 0 Å². The molecule has 0 saturated carbocycles. The van der Waals surface area contributed by atoms with Gasteiger partial charge in [0.05, 0.1) is 7.11 Å². The van der Waals surface area contributed by atoms with Crippen LogP contribution >= 0.6 is 11.6 Å². The van der Waals surface area contributed by atoms with Crippen LogP contribution in [0.3, 0.4) is 0 Å². The molecule has 3 heteroatoms. The van der Waals surface area contributed by atoms with E-state index in [4.69, 9.17) is 16.3 Å². The summed E-state index contributed by atoms with van der Waals surface area (Å²) < 4.78 is 5.18. The van der Waals surface area contributed by atoms with Crippen molar-refractivity contribution in [3.63, 3.8) is 0 Å². The number of methoxy groups -OCH3 is 1. The number of nitrogens with one attached hydrogen (secondary N) is 1. The summed E-state index contributed by atoms with van der Waals surface area (Å²) in [4.78, 5) is 0. The Kier molecular flexibility index (Phi) is 2.88. The van der Waals surface area contributed by atoms with E-state index in [9.17, 15) is 0 Å². The Morgan fingerprint density at radius 3 is 2.67 bits per heavy atom. The van der Waals surface area contributed by atoms with E-state index in [1.54, 1.807) is 7.11 Å². The van der Waals surface area contributed by atoms with Gasteiger partial charge >= 0.3 is 0 Å². The van der Waals surface area contributed by atoms with E-state index < -0.39 is 0 Å². The molecule has 2 aromatic carbocycles. The molecule has 0 saturated heterocycles. The second-order valence-corrected chi connectivity index (χ2v) is 4.83. The first-order valence-electron chi connectivity index (χ1n) is 5.98.